The molecule has 0 unspecified atom stereocenters. The van der Waals surface area contributed by atoms with Crippen molar-refractivity contribution >= 4 is 59.9 Å². The second-order valence-corrected chi connectivity index (χ2v) is 8.05. The molecule has 0 aliphatic carbocycles. The van der Waals surface area contributed by atoms with Crippen molar-refractivity contribution in [2.75, 3.05) is 11.9 Å². The summed E-state index contributed by atoms with van der Waals surface area (Å²) in [5, 5.41) is 3.44. The van der Waals surface area contributed by atoms with Crippen LogP contribution in [0.2, 0.25) is 0 Å². The molecule has 2 heterocycles. The van der Waals surface area contributed by atoms with E-state index in [4.69, 9.17) is 4.74 Å². The number of nitrogens with one attached hydrogen (secondary N) is 1. The Morgan fingerprint density at radius 3 is 2.91 bits per heavy atom. The highest BCUT2D eigenvalue weighted by atomic mass is 79.9. The summed E-state index contributed by atoms with van der Waals surface area (Å²) in [5.74, 6) is 0.690. The number of ether oxygens (including phenoxy) is 1. The van der Waals surface area contributed by atoms with Gasteiger partial charge in [0.1, 0.15) is 5.75 Å². The number of thiophene rings is 1. The summed E-state index contributed by atoms with van der Waals surface area (Å²) in [4.78, 5) is 17.2. The first-order valence-electron chi connectivity index (χ1n) is 6.76. The monoisotopic (exact) mass is 396 g/mol. The SMILES string of the molecule is CCCOc1ccc2nc(NC(=O)c3ccc(Br)s3)sc2c1. The van der Waals surface area contributed by atoms with E-state index in [2.05, 4.69) is 33.2 Å². The molecule has 0 aliphatic rings. The Balaban J connectivity index is 1.78. The minimum absolute atomic E-state index is 0.141. The van der Waals surface area contributed by atoms with Crippen molar-refractivity contribution in [3.05, 3.63) is 39.0 Å². The van der Waals surface area contributed by atoms with Crippen LogP contribution in [-0.4, -0.2) is 17.5 Å². The van der Waals surface area contributed by atoms with Crippen LogP contribution in [0.4, 0.5) is 5.13 Å². The molecule has 0 saturated carbocycles. The van der Waals surface area contributed by atoms with E-state index in [0.717, 1.165) is 26.2 Å². The molecular weight excluding hydrogens is 384 g/mol. The van der Waals surface area contributed by atoms with Crippen LogP contribution in [0, 0.1) is 0 Å². The fourth-order valence-corrected chi connectivity index (χ4v) is 4.03. The standard InChI is InChI=1S/C15H13BrN2O2S2/c1-2-7-20-9-3-4-10-12(8-9)22-15(17-10)18-14(19)11-5-6-13(16)21-11/h3-6,8H,2,7H2,1H3,(H,17,18,19). The molecule has 1 aromatic carbocycles. The third-order valence-corrected chi connectivity index (χ3v) is 5.41. The van der Waals surface area contributed by atoms with E-state index in [-0.39, 0.29) is 5.91 Å². The van der Waals surface area contributed by atoms with Crippen LogP contribution in [0.3, 0.4) is 0 Å². The Kier molecular flexibility index (Phi) is 4.75. The van der Waals surface area contributed by atoms with Gasteiger partial charge in [0.15, 0.2) is 5.13 Å². The van der Waals surface area contributed by atoms with Crippen molar-refractivity contribution in [3.63, 3.8) is 0 Å². The minimum Gasteiger partial charge on any atom is -0.494 e. The summed E-state index contributed by atoms with van der Waals surface area (Å²) in [7, 11) is 0. The molecule has 0 saturated heterocycles. The normalized spacial score (nSPS) is 10.8. The molecule has 0 bridgehead atoms. The van der Waals surface area contributed by atoms with Gasteiger partial charge in [0.05, 0.1) is 25.5 Å². The van der Waals surface area contributed by atoms with Crippen LogP contribution < -0.4 is 10.1 Å². The maximum absolute atomic E-state index is 12.1. The highest BCUT2D eigenvalue weighted by molar-refractivity contribution is 9.11. The zero-order valence-corrected chi connectivity index (χ0v) is 15.0. The van der Waals surface area contributed by atoms with Gasteiger partial charge >= 0.3 is 0 Å². The maximum atomic E-state index is 12.1. The lowest BCUT2D eigenvalue weighted by molar-refractivity contribution is 0.103. The van der Waals surface area contributed by atoms with Crippen molar-refractivity contribution in [3.8, 4) is 5.75 Å². The van der Waals surface area contributed by atoms with Gasteiger partial charge in [0.2, 0.25) is 0 Å². The number of carbonyl (C=O) groups excluding carboxylic acids is 1. The Morgan fingerprint density at radius 1 is 1.32 bits per heavy atom. The van der Waals surface area contributed by atoms with Crippen molar-refractivity contribution in [2.24, 2.45) is 0 Å². The summed E-state index contributed by atoms with van der Waals surface area (Å²) in [6.07, 6.45) is 0.971. The Morgan fingerprint density at radius 2 is 2.18 bits per heavy atom. The number of nitrogens with zero attached hydrogens (tertiary/aromatic N) is 1. The number of carbonyl (C=O) groups is 1. The van der Waals surface area contributed by atoms with Crippen LogP contribution in [0.5, 0.6) is 5.75 Å². The molecule has 0 atom stereocenters. The third-order valence-electron chi connectivity index (χ3n) is 2.85. The Hall–Kier alpha value is -1.44. The molecule has 7 heteroatoms. The van der Waals surface area contributed by atoms with E-state index in [1.54, 1.807) is 6.07 Å². The molecule has 22 heavy (non-hydrogen) atoms. The molecule has 1 amide bonds. The van der Waals surface area contributed by atoms with E-state index < -0.39 is 0 Å². The number of rotatable bonds is 5. The largest absolute Gasteiger partial charge is 0.494 e. The molecule has 3 rings (SSSR count). The van der Waals surface area contributed by atoms with Crippen molar-refractivity contribution in [2.45, 2.75) is 13.3 Å². The van der Waals surface area contributed by atoms with Gasteiger partial charge in [-0.1, -0.05) is 18.3 Å². The molecule has 3 aromatic rings. The number of fused-ring (bicyclic) bond motifs is 1. The first-order chi connectivity index (χ1) is 10.7. The molecule has 0 aliphatic heterocycles. The first kappa shape index (κ1) is 15.5. The number of anilines is 1. The van der Waals surface area contributed by atoms with Gasteiger partial charge in [0, 0.05) is 0 Å². The van der Waals surface area contributed by atoms with Crippen LogP contribution >= 0.6 is 38.6 Å². The third kappa shape index (κ3) is 3.48. The number of benzene rings is 1. The van der Waals surface area contributed by atoms with Crippen LogP contribution in [0.15, 0.2) is 34.1 Å². The number of hydrogen-bond donors (Lipinski definition) is 1. The number of thiazole rings is 1. The maximum Gasteiger partial charge on any atom is 0.267 e. The average molecular weight is 397 g/mol. The fraction of sp³-hybridized carbons (Fsp3) is 0.200. The minimum atomic E-state index is -0.141. The summed E-state index contributed by atoms with van der Waals surface area (Å²) in [6.45, 7) is 2.77. The zero-order valence-electron chi connectivity index (χ0n) is 11.8. The first-order valence-corrected chi connectivity index (χ1v) is 9.18. The van der Waals surface area contributed by atoms with Crippen molar-refractivity contribution in [1.29, 1.82) is 0 Å². The van der Waals surface area contributed by atoms with Crippen molar-refractivity contribution < 1.29 is 9.53 Å². The zero-order chi connectivity index (χ0) is 15.5. The molecule has 1 N–H and O–H groups in total. The average Bonchev–Trinajstić information content (AvgIpc) is 3.10. The quantitative estimate of drug-likeness (QED) is 0.647. The van der Waals surface area contributed by atoms with E-state index in [1.807, 2.05) is 24.3 Å². The lowest BCUT2D eigenvalue weighted by atomic mass is 10.3. The van der Waals surface area contributed by atoms with E-state index in [0.29, 0.717) is 16.6 Å². The Labute approximate surface area is 144 Å². The van der Waals surface area contributed by atoms with Crippen LogP contribution in [0.25, 0.3) is 10.2 Å². The molecule has 4 nitrogen and oxygen atoms in total. The molecule has 2 aromatic heterocycles. The second-order valence-electron chi connectivity index (χ2n) is 4.55. The number of halogens is 1. The van der Waals surface area contributed by atoms with Gasteiger partial charge in [-0.3, -0.25) is 10.1 Å². The van der Waals surface area contributed by atoms with Gasteiger partial charge in [-0.2, -0.15) is 0 Å². The Bertz CT molecular complexity index is 813. The second kappa shape index (κ2) is 6.76. The number of aromatic nitrogens is 1. The lowest BCUT2D eigenvalue weighted by Crippen LogP contribution is -2.09. The van der Waals surface area contributed by atoms with Gasteiger partial charge in [-0.25, -0.2) is 4.98 Å². The number of hydrogen-bond acceptors (Lipinski definition) is 5. The van der Waals surface area contributed by atoms with Gasteiger partial charge in [0.25, 0.3) is 5.91 Å². The molecule has 0 fully saturated rings. The summed E-state index contributed by atoms with van der Waals surface area (Å²) < 4.78 is 7.54. The van der Waals surface area contributed by atoms with Crippen LogP contribution in [0.1, 0.15) is 23.0 Å². The molecule has 0 spiro atoms. The fourth-order valence-electron chi connectivity index (χ4n) is 1.86. The predicted molar refractivity (Wildman–Crippen MR) is 95.4 cm³/mol. The van der Waals surface area contributed by atoms with Crippen LogP contribution in [-0.2, 0) is 0 Å². The topological polar surface area (TPSA) is 51.2 Å². The van der Waals surface area contributed by atoms with E-state index in [1.165, 1.54) is 22.7 Å². The van der Waals surface area contributed by atoms with Gasteiger partial charge < -0.3 is 4.74 Å². The summed E-state index contributed by atoms with van der Waals surface area (Å²) in [5.41, 5.74) is 0.858. The van der Waals surface area contributed by atoms with E-state index in [9.17, 15) is 4.79 Å². The van der Waals surface area contributed by atoms with Gasteiger partial charge in [-0.15, -0.1) is 11.3 Å². The highest BCUT2D eigenvalue weighted by Crippen LogP contribution is 2.30. The molecule has 114 valence electrons. The number of amides is 1. The summed E-state index contributed by atoms with van der Waals surface area (Å²) in [6, 6.07) is 9.41. The smallest absolute Gasteiger partial charge is 0.267 e. The predicted octanol–water partition coefficient (Wildman–Crippen LogP) is 5.16. The van der Waals surface area contributed by atoms with E-state index >= 15 is 0 Å². The van der Waals surface area contributed by atoms with Gasteiger partial charge in [-0.05, 0) is 52.7 Å². The molecule has 0 radical (unpaired) electrons. The van der Waals surface area contributed by atoms with Crippen molar-refractivity contribution in [1.82, 2.24) is 4.98 Å². The lowest BCUT2D eigenvalue weighted by Gasteiger charge is -2.02. The highest BCUT2D eigenvalue weighted by Gasteiger charge is 2.12. The molecular formula is C15H13BrN2O2S2. The summed E-state index contributed by atoms with van der Waals surface area (Å²) >= 11 is 6.19.